The molecule has 152 valence electrons. The minimum atomic E-state index is -0.558. The molecule has 4 rings (SSSR count). The third-order valence-corrected chi connectivity index (χ3v) is 5.18. The highest BCUT2D eigenvalue weighted by atomic mass is 16.2. The Morgan fingerprint density at radius 1 is 1.03 bits per heavy atom. The Bertz CT molecular complexity index is 1050. The maximum atomic E-state index is 12.7. The average Bonchev–Trinajstić information content (AvgIpc) is 3.60. The summed E-state index contributed by atoms with van der Waals surface area (Å²) in [4.78, 5) is 30.7. The van der Waals surface area contributed by atoms with Crippen LogP contribution in [0.4, 0.5) is 5.69 Å². The molecule has 0 aliphatic heterocycles. The van der Waals surface area contributed by atoms with Gasteiger partial charge in [0.25, 0.3) is 5.91 Å². The Hall–Kier alpha value is -3.51. The van der Waals surface area contributed by atoms with Crippen LogP contribution >= 0.6 is 0 Å². The number of hydrogen-bond donors (Lipinski definition) is 2. The number of rotatable bonds is 8. The predicted molar refractivity (Wildman–Crippen MR) is 117 cm³/mol. The van der Waals surface area contributed by atoms with Crippen LogP contribution < -0.4 is 11.1 Å². The van der Waals surface area contributed by atoms with E-state index in [-0.39, 0.29) is 12.5 Å². The minimum Gasteiger partial charge on any atom is -0.366 e. The number of hydrogen-bond acceptors (Lipinski definition) is 4. The number of nitrogens with two attached hydrogens (primary N) is 1. The first-order valence-corrected chi connectivity index (χ1v) is 10.0. The zero-order chi connectivity index (χ0) is 20.9. The number of nitrogens with one attached hydrogen (secondary N) is 1. The molecule has 0 atom stereocenters. The topological polar surface area (TPSA) is 88.3 Å². The molecule has 1 heterocycles. The summed E-state index contributed by atoms with van der Waals surface area (Å²) in [7, 11) is 0. The molecule has 2 aromatic carbocycles. The largest absolute Gasteiger partial charge is 0.366 e. The molecule has 1 aromatic heterocycles. The third-order valence-electron chi connectivity index (χ3n) is 5.18. The van der Waals surface area contributed by atoms with E-state index < -0.39 is 5.91 Å². The van der Waals surface area contributed by atoms with Crippen LogP contribution in [0.25, 0.3) is 11.1 Å². The Labute approximate surface area is 175 Å². The van der Waals surface area contributed by atoms with E-state index in [0.29, 0.717) is 23.8 Å². The summed E-state index contributed by atoms with van der Waals surface area (Å²) in [5.41, 5.74) is 9.49. The second-order valence-electron chi connectivity index (χ2n) is 7.54. The number of amides is 2. The summed E-state index contributed by atoms with van der Waals surface area (Å²) >= 11 is 0. The molecular formula is C24H24N4O2. The SMILES string of the molecule is NC(=O)c1ccccc1NC(=O)CN(Cc1cccc(-c2cccnc2)c1)C1CC1. The molecule has 6 nitrogen and oxygen atoms in total. The van der Waals surface area contributed by atoms with Crippen LogP contribution in [-0.4, -0.2) is 34.3 Å². The van der Waals surface area contributed by atoms with Crippen molar-refractivity contribution < 1.29 is 9.59 Å². The molecule has 2 amide bonds. The number of aromatic nitrogens is 1. The number of carbonyl (C=O) groups is 2. The molecule has 0 saturated heterocycles. The van der Waals surface area contributed by atoms with Gasteiger partial charge in [-0.3, -0.25) is 19.5 Å². The van der Waals surface area contributed by atoms with E-state index in [1.807, 2.05) is 24.4 Å². The first-order chi connectivity index (χ1) is 14.6. The zero-order valence-electron chi connectivity index (χ0n) is 16.6. The maximum absolute atomic E-state index is 12.7. The fraction of sp³-hybridized carbons (Fsp3) is 0.208. The normalized spacial score (nSPS) is 13.2. The Morgan fingerprint density at radius 3 is 2.57 bits per heavy atom. The molecule has 0 spiro atoms. The van der Waals surface area contributed by atoms with Gasteiger partial charge in [0.05, 0.1) is 17.8 Å². The van der Waals surface area contributed by atoms with E-state index in [9.17, 15) is 9.59 Å². The molecule has 1 saturated carbocycles. The first-order valence-electron chi connectivity index (χ1n) is 10.0. The lowest BCUT2D eigenvalue weighted by Crippen LogP contribution is -2.35. The molecule has 0 bridgehead atoms. The van der Waals surface area contributed by atoms with Crippen LogP contribution in [-0.2, 0) is 11.3 Å². The van der Waals surface area contributed by atoms with Crippen molar-refractivity contribution in [2.24, 2.45) is 5.73 Å². The van der Waals surface area contributed by atoms with Crippen molar-refractivity contribution in [1.82, 2.24) is 9.88 Å². The van der Waals surface area contributed by atoms with Crippen molar-refractivity contribution >= 4 is 17.5 Å². The Morgan fingerprint density at radius 2 is 1.83 bits per heavy atom. The Kier molecular flexibility index (Phi) is 5.86. The number of anilines is 1. The first kappa shape index (κ1) is 19.8. The third kappa shape index (κ3) is 4.90. The van der Waals surface area contributed by atoms with Gasteiger partial charge in [-0.2, -0.15) is 0 Å². The monoisotopic (exact) mass is 400 g/mol. The van der Waals surface area contributed by atoms with Crippen LogP contribution in [0.3, 0.4) is 0 Å². The van der Waals surface area contributed by atoms with Crippen molar-refractivity contribution in [3.05, 3.63) is 84.2 Å². The smallest absolute Gasteiger partial charge is 0.250 e. The van der Waals surface area contributed by atoms with Crippen LogP contribution in [0, 0.1) is 0 Å². The van der Waals surface area contributed by atoms with Crippen molar-refractivity contribution in [2.45, 2.75) is 25.4 Å². The van der Waals surface area contributed by atoms with Gasteiger partial charge in [0.2, 0.25) is 5.91 Å². The van der Waals surface area contributed by atoms with E-state index in [4.69, 9.17) is 5.73 Å². The summed E-state index contributed by atoms with van der Waals surface area (Å²) < 4.78 is 0. The van der Waals surface area contributed by atoms with Gasteiger partial charge in [0.1, 0.15) is 0 Å². The van der Waals surface area contributed by atoms with Gasteiger partial charge in [-0.05, 0) is 53.8 Å². The van der Waals surface area contributed by atoms with Crippen molar-refractivity contribution in [3.63, 3.8) is 0 Å². The van der Waals surface area contributed by atoms with E-state index >= 15 is 0 Å². The van der Waals surface area contributed by atoms with Crippen LogP contribution in [0.5, 0.6) is 0 Å². The molecule has 3 aromatic rings. The molecule has 0 unspecified atom stereocenters. The number of carbonyl (C=O) groups excluding carboxylic acids is 2. The van der Waals surface area contributed by atoms with Crippen molar-refractivity contribution in [2.75, 3.05) is 11.9 Å². The minimum absolute atomic E-state index is 0.154. The Balaban J connectivity index is 1.45. The second kappa shape index (κ2) is 8.88. The lowest BCUT2D eigenvalue weighted by atomic mass is 10.0. The van der Waals surface area contributed by atoms with E-state index in [2.05, 4.69) is 33.4 Å². The maximum Gasteiger partial charge on any atom is 0.250 e. The zero-order valence-corrected chi connectivity index (χ0v) is 16.6. The van der Waals surface area contributed by atoms with Gasteiger partial charge in [0, 0.05) is 25.0 Å². The summed E-state index contributed by atoms with van der Waals surface area (Å²) in [5, 5.41) is 2.84. The van der Waals surface area contributed by atoms with Gasteiger partial charge >= 0.3 is 0 Å². The number of pyridine rings is 1. The lowest BCUT2D eigenvalue weighted by Gasteiger charge is -2.22. The van der Waals surface area contributed by atoms with Crippen LogP contribution in [0.2, 0.25) is 0 Å². The molecule has 6 heteroatoms. The number of para-hydroxylation sites is 1. The van der Waals surface area contributed by atoms with Crippen LogP contribution in [0.15, 0.2) is 73.1 Å². The highest BCUT2D eigenvalue weighted by Gasteiger charge is 2.30. The summed E-state index contributed by atoms with van der Waals surface area (Å²) in [5.74, 6) is -0.712. The summed E-state index contributed by atoms with van der Waals surface area (Å²) in [6.07, 6.45) is 5.79. The molecular weight excluding hydrogens is 376 g/mol. The molecule has 1 aliphatic rings. The fourth-order valence-corrected chi connectivity index (χ4v) is 3.55. The number of nitrogens with zero attached hydrogens (tertiary/aromatic N) is 2. The van der Waals surface area contributed by atoms with Gasteiger partial charge in [-0.1, -0.05) is 36.4 Å². The molecule has 1 aliphatic carbocycles. The van der Waals surface area contributed by atoms with E-state index in [0.717, 1.165) is 29.5 Å². The van der Waals surface area contributed by atoms with Gasteiger partial charge < -0.3 is 11.1 Å². The number of primary amides is 1. The fourth-order valence-electron chi connectivity index (χ4n) is 3.55. The van der Waals surface area contributed by atoms with E-state index in [1.54, 1.807) is 30.5 Å². The van der Waals surface area contributed by atoms with E-state index in [1.165, 1.54) is 0 Å². The van der Waals surface area contributed by atoms with Crippen molar-refractivity contribution in [1.29, 1.82) is 0 Å². The molecule has 3 N–H and O–H groups in total. The number of benzene rings is 2. The highest BCUT2D eigenvalue weighted by molar-refractivity contribution is 6.03. The van der Waals surface area contributed by atoms with Crippen LogP contribution in [0.1, 0.15) is 28.8 Å². The lowest BCUT2D eigenvalue weighted by molar-refractivity contribution is -0.117. The molecule has 30 heavy (non-hydrogen) atoms. The molecule has 1 fully saturated rings. The summed E-state index contributed by atoms with van der Waals surface area (Å²) in [6, 6.07) is 19.5. The van der Waals surface area contributed by atoms with Gasteiger partial charge in [0.15, 0.2) is 0 Å². The van der Waals surface area contributed by atoms with Gasteiger partial charge in [-0.25, -0.2) is 0 Å². The second-order valence-corrected chi connectivity index (χ2v) is 7.54. The van der Waals surface area contributed by atoms with Gasteiger partial charge in [-0.15, -0.1) is 0 Å². The quantitative estimate of drug-likeness (QED) is 0.606. The summed E-state index contributed by atoms with van der Waals surface area (Å²) in [6.45, 7) is 0.943. The average molecular weight is 400 g/mol. The van der Waals surface area contributed by atoms with Crippen molar-refractivity contribution in [3.8, 4) is 11.1 Å². The standard InChI is InChI=1S/C24H24N4O2/c25-24(30)21-8-1-2-9-22(21)27-23(29)16-28(20-10-11-20)15-17-5-3-6-18(13-17)19-7-4-12-26-14-19/h1-9,12-14,20H,10-11,15-16H2,(H2,25,30)(H,27,29). The predicted octanol–water partition coefficient (Wildman–Crippen LogP) is 3.45. The highest BCUT2D eigenvalue weighted by Crippen LogP contribution is 2.29. The molecule has 0 radical (unpaired) electrons.